The first-order valence-corrected chi connectivity index (χ1v) is 12.0. The highest BCUT2D eigenvalue weighted by molar-refractivity contribution is 9.10. The lowest BCUT2D eigenvalue weighted by atomic mass is 9.97. The van der Waals surface area contributed by atoms with E-state index in [0.717, 1.165) is 38.7 Å². The quantitative estimate of drug-likeness (QED) is 0.247. The van der Waals surface area contributed by atoms with Gasteiger partial charge in [-0.15, -0.1) is 0 Å². The van der Waals surface area contributed by atoms with Crippen LogP contribution in [0.25, 0.3) is 0 Å². The second-order valence-electron chi connectivity index (χ2n) is 8.25. The lowest BCUT2D eigenvalue weighted by molar-refractivity contribution is -0.119. The van der Waals surface area contributed by atoms with E-state index in [2.05, 4.69) is 28.1 Å². The van der Waals surface area contributed by atoms with Crippen molar-refractivity contribution in [3.05, 3.63) is 129 Å². The van der Waals surface area contributed by atoms with E-state index in [1.165, 1.54) is 0 Å². The van der Waals surface area contributed by atoms with Gasteiger partial charge in [0.15, 0.2) is 0 Å². The molecule has 4 aromatic carbocycles. The fourth-order valence-corrected chi connectivity index (χ4v) is 4.80. The molecule has 4 nitrogen and oxygen atoms in total. The van der Waals surface area contributed by atoms with Gasteiger partial charge in [-0.05, 0) is 44.3 Å². The Bertz CT molecular complexity index is 1280. The molecule has 0 spiro atoms. The Kier molecular flexibility index (Phi) is 6.63. The van der Waals surface area contributed by atoms with Crippen molar-refractivity contribution in [1.82, 2.24) is 4.90 Å². The number of benzene rings is 4. The van der Waals surface area contributed by atoms with Crippen molar-refractivity contribution in [3.8, 4) is 11.5 Å². The number of amides is 1. The zero-order valence-corrected chi connectivity index (χ0v) is 20.1. The number of nitrogens with zero attached hydrogens (tertiary/aromatic N) is 1. The summed E-state index contributed by atoms with van der Waals surface area (Å²) in [5.74, 6) is 1.39. The summed E-state index contributed by atoms with van der Waals surface area (Å²) in [7, 11) is 0. The average molecular weight is 514 g/mol. The highest BCUT2D eigenvalue weighted by atomic mass is 79.9. The van der Waals surface area contributed by atoms with Crippen LogP contribution in [0, 0.1) is 0 Å². The van der Waals surface area contributed by atoms with E-state index in [1.807, 2.05) is 89.8 Å². The molecule has 0 aliphatic carbocycles. The minimum absolute atomic E-state index is 0.223. The van der Waals surface area contributed by atoms with Gasteiger partial charge in [0.1, 0.15) is 24.7 Å². The molecule has 0 fully saturated rings. The van der Waals surface area contributed by atoms with Crippen molar-refractivity contribution in [2.45, 2.75) is 25.8 Å². The van der Waals surface area contributed by atoms with Crippen molar-refractivity contribution >= 4 is 22.3 Å². The van der Waals surface area contributed by atoms with Gasteiger partial charge in [0.05, 0.1) is 10.5 Å². The maximum absolute atomic E-state index is 12.0. The zero-order valence-electron chi connectivity index (χ0n) is 18.6. The molecule has 0 bridgehead atoms. The van der Waals surface area contributed by atoms with E-state index >= 15 is 0 Å². The monoisotopic (exact) mass is 513 g/mol. The standard InChI is InChI=1S/C29H24BrNO3/c30-26-15-25(29-24-14-8-7-13-23(24)17-31(29)20-32)27(33-18-21-9-3-1-4-10-21)16-28(26)34-19-22-11-5-2-6-12-22/h1-16,20,29H,17-19H2. The summed E-state index contributed by atoms with van der Waals surface area (Å²) in [6.07, 6.45) is 0.916. The van der Waals surface area contributed by atoms with E-state index < -0.39 is 0 Å². The summed E-state index contributed by atoms with van der Waals surface area (Å²) >= 11 is 3.69. The second-order valence-corrected chi connectivity index (χ2v) is 9.10. The molecule has 0 aromatic heterocycles. The number of fused-ring (bicyclic) bond motifs is 1. The summed E-state index contributed by atoms with van der Waals surface area (Å²) in [4.78, 5) is 13.8. The Morgan fingerprint density at radius 3 is 2.00 bits per heavy atom. The lowest BCUT2D eigenvalue weighted by Crippen LogP contribution is -2.22. The number of ether oxygens (including phenoxy) is 2. The minimum atomic E-state index is -0.223. The largest absolute Gasteiger partial charge is 0.488 e. The third-order valence-electron chi connectivity index (χ3n) is 6.00. The molecule has 5 rings (SSSR count). The van der Waals surface area contributed by atoms with Gasteiger partial charge in [-0.25, -0.2) is 0 Å². The summed E-state index contributed by atoms with van der Waals surface area (Å²) in [5.41, 5.74) is 5.34. The molecule has 0 saturated carbocycles. The van der Waals surface area contributed by atoms with Gasteiger partial charge in [0, 0.05) is 18.2 Å². The fourth-order valence-electron chi connectivity index (χ4n) is 4.33. The highest BCUT2D eigenvalue weighted by Crippen LogP contribution is 2.44. The van der Waals surface area contributed by atoms with Crippen molar-refractivity contribution in [3.63, 3.8) is 0 Å². The van der Waals surface area contributed by atoms with Crippen LogP contribution in [0.3, 0.4) is 0 Å². The maximum atomic E-state index is 12.0. The molecule has 0 radical (unpaired) electrons. The van der Waals surface area contributed by atoms with E-state index in [4.69, 9.17) is 9.47 Å². The molecule has 1 heterocycles. The molecule has 4 aromatic rings. The van der Waals surface area contributed by atoms with Crippen molar-refractivity contribution in [1.29, 1.82) is 0 Å². The summed E-state index contributed by atoms with van der Waals surface area (Å²) in [6, 6.07) is 32.0. The predicted molar refractivity (Wildman–Crippen MR) is 136 cm³/mol. The Labute approximate surface area is 207 Å². The van der Waals surface area contributed by atoms with Crippen LogP contribution in [0.5, 0.6) is 11.5 Å². The number of halogens is 1. The highest BCUT2D eigenvalue weighted by Gasteiger charge is 2.33. The lowest BCUT2D eigenvalue weighted by Gasteiger charge is -2.25. The summed E-state index contributed by atoms with van der Waals surface area (Å²) < 4.78 is 13.3. The van der Waals surface area contributed by atoms with Crippen LogP contribution in [0.1, 0.15) is 33.9 Å². The Morgan fingerprint density at radius 2 is 1.35 bits per heavy atom. The van der Waals surface area contributed by atoms with Crippen LogP contribution in [0.15, 0.2) is 102 Å². The number of hydrogen-bond acceptors (Lipinski definition) is 3. The van der Waals surface area contributed by atoms with Crippen LogP contribution in [-0.4, -0.2) is 11.3 Å². The molecule has 0 N–H and O–H groups in total. The molecular weight excluding hydrogens is 490 g/mol. The average Bonchev–Trinajstić information content (AvgIpc) is 3.27. The zero-order chi connectivity index (χ0) is 23.3. The molecule has 1 aliphatic heterocycles. The SMILES string of the molecule is O=CN1Cc2ccccc2C1c1cc(Br)c(OCc2ccccc2)cc1OCc1ccccc1. The summed E-state index contributed by atoms with van der Waals surface area (Å²) in [6.45, 7) is 1.44. The molecule has 0 saturated heterocycles. The molecule has 170 valence electrons. The third-order valence-corrected chi connectivity index (χ3v) is 6.62. The normalized spacial score (nSPS) is 14.5. The molecule has 1 aliphatic rings. The number of carbonyl (C=O) groups is 1. The van der Waals surface area contributed by atoms with Gasteiger partial charge in [0.25, 0.3) is 0 Å². The maximum Gasteiger partial charge on any atom is 0.210 e. The third kappa shape index (κ3) is 4.70. The van der Waals surface area contributed by atoms with Gasteiger partial charge in [0.2, 0.25) is 6.41 Å². The van der Waals surface area contributed by atoms with Gasteiger partial charge < -0.3 is 14.4 Å². The molecule has 1 atom stereocenters. The second kappa shape index (κ2) is 10.1. The van der Waals surface area contributed by atoms with Crippen molar-refractivity contribution < 1.29 is 14.3 Å². The van der Waals surface area contributed by atoms with Crippen LogP contribution in [-0.2, 0) is 24.6 Å². The number of rotatable bonds is 8. The topological polar surface area (TPSA) is 38.8 Å². The first kappa shape index (κ1) is 22.2. The van der Waals surface area contributed by atoms with E-state index in [9.17, 15) is 4.79 Å². The van der Waals surface area contributed by atoms with Gasteiger partial charge in [-0.2, -0.15) is 0 Å². The Balaban J connectivity index is 1.51. The number of carbonyl (C=O) groups excluding carboxylic acids is 1. The first-order chi connectivity index (χ1) is 16.7. The Morgan fingerprint density at radius 1 is 0.765 bits per heavy atom. The summed E-state index contributed by atoms with van der Waals surface area (Å²) in [5, 5.41) is 0. The van der Waals surface area contributed by atoms with Crippen LogP contribution in [0.2, 0.25) is 0 Å². The smallest absolute Gasteiger partial charge is 0.210 e. The molecule has 1 amide bonds. The van der Waals surface area contributed by atoms with Crippen LogP contribution >= 0.6 is 15.9 Å². The van der Waals surface area contributed by atoms with E-state index in [0.29, 0.717) is 31.3 Å². The van der Waals surface area contributed by atoms with Crippen LogP contribution in [0.4, 0.5) is 0 Å². The predicted octanol–water partition coefficient (Wildman–Crippen LogP) is 6.67. The molecular formula is C29H24BrNO3. The van der Waals surface area contributed by atoms with Crippen LogP contribution < -0.4 is 9.47 Å². The Hall–Kier alpha value is -3.57. The van der Waals surface area contributed by atoms with Crippen molar-refractivity contribution in [2.75, 3.05) is 0 Å². The van der Waals surface area contributed by atoms with E-state index in [1.54, 1.807) is 0 Å². The van der Waals surface area contributed by atoms with Gasteiger partial charge in [-0.1, -0.05) is 84.9 Å². The van der Waals surface area contributed by atoms with Gasteiger partial charge >= 0.3 is 0 Å². The first-order valence-electron chi connectivity index (χ1n) is 11.2. The molecule has 1 unspecified atom stereocenters. The molecule has 5 heteroatoms. The van der Waals surface area contributed by atoms with Gasteiger partial charge in [-0.3, -0.25) is 4.79 Å². The molecule has 34 heavy (non-hydrogen) atoms. The van der Waals surface area contributed by atoms with E-state index in [-0.39, 0.29) is 6.04 Å². The van der Waals surface area contributed by atoms with Crippen molar-refractivity contribution in [2.24, 2.45) is 0 Å². The number of hydrogen-bond donors (Lipinski definition) is 0. The minimum Gasteiger partial charge on any atom is -0.488 e. The fraction of sp³-hybridized carbons (Fsp3) is 0.138.